The van der Waals surface area contributed by atoms with Crippen molar-refractivity contribution in [3.63, 3.8) is 0 Å². The first-order valence-corrected chi connectivity index (χ1v) is 5.59. The molecule has 1 aromatic carbocycles. The van der Waals surface area contributed by atoms with Crippen LogP contribution in [-0.2, 0) is 0 Å². The van der Waals surface area contributed by atoms with Gasteiger partial charge in [-0.2, -0.15) is 0 Å². The Bertz CT molecular complexity index is 695. The number of carbonyl (C=O) groups is 1. The van der Waals surface area contributed by atoms with Crippen molar-refractivity contribution >= 4 is 29.0 Å². The van der Waals surface area contributed by atoms with Gasteiger partial charge >= 0.3 is 0 Å². The molecule has 7 nitrogen and oxygen atoms in total. The van der Waals surface area contributed by atoms with Crippen LogP contribution in [0.15, 0.2) is 30.5 Å². The zero-order valence-electron chi connectivity index (χ0n) is 9.71. The Morgan fingerprint density at radius 2 is 2.15 bits per heavy atom. The highest BCUT2D eigenvalue weighted by Crippen LogP contribution is 2.20. The van der Waals surface area contributed by atoms with Crippen molar-refractivity contribution in [2.45, 2.75) is 0 Å². The van der Waals surface area contributed by atoms with Crippen LogP contribution in [0.3, 0.4) is 0 Å². The number of hydrogen-bond acceptors (Lipinski definition) is 5. The van der Waals surface area contributed by atoms with Crippen molar-refractivity contribution in [1.82, 2.24) is 9.97 Å². The Morgan fingerprint density at radius 1 is 1.40 bits per heavy atom. The number of benzene rings is 1. The molecule has 0 aliphatic rings. The smallest absolute Gasteiger partial charge is 0.282 e. The standard InChI is InChI=1S/C11H6ClFN4O3/c12-11-14-4-3-9(16-11)15-10(18)7-5-6(13)1-2-8(7)17(19)20/h1-5H,(H,14,15,16,18). The molecule has 0 aliphatic carbocycles. The molecule has 102 valence electrons. The van der Waals surface area contributed by atoms with Crippen LogP contribution in [0.25, 0.3) is 0 Å². The van der Waals surface area contributed by atoms with Gasteiger partial charge in [-0.15, -0.1) is 0 Å². The minimum absolute atomic E-state index is 0.0496. The largest absolute Gasteiger partial charge is 0.306 e. The second-order valence-corrected chi connectivity index (χ2v) is 3.92. The number of halogens is 2. The first-order chi connectivity index (χ1) is 9.47. The number of nitrogens with one attached hydrogen (secondary N) is 1. The van der Waals surface area contributed by atoms with Crippen molar-refractivity contribution in [3.8, 4) is 0 Å². The van der Waals surface area contributed by atoms with E-state index in [0.717, 1.165) is 18.2 Å². The highest BCUT2D eigenvalue weighted by atomic mass is 35.5. The lowest BCUT2D eigenvalue weighted by Gasteiger charge is -2.05. The Balaban J connectivity index is 2.34. The molecule has 20 heavy (non-hydrogen) atoms. The molecular formula is C11H6ClFN4O3. The number of amides is 1. The zero-order valence-corrected chi connectivity index (χ0v) is 10.5. The fraction of sp³-hybridized carbons (Fsp3) is 0. The van der Waals surface area contributed by atoms with E-state index in [1.807, 2.05) is 0 Å². The summed E-state index contributed by atoms with van der Waals surface area (Å²) >= 11 is 5.54. The molecule has 1 N–H and O–H groups in total. The highest BCUT2D eigenvalue weighted by Gasteiger charge is 2.21. The van der Waals surface area contributed by atoms with Crippen LogP contribution in [0.5, 0.6) is 0 Å². The van der Waals surface area contributed by atoms with Crippen LogP contribution in [-0.4, -0.2) is 20.8 Å². The highest BCUT2D eigenvalue weighted by molar-refractivity contribution is 6.28. The summed E-state index contributed by atoms with van der Waals surface area (Å²) in [6.45, 7) is 0. The van der Waals surface area contributed by atoms with Crippen LogP contribution < -0.4 is 5.32 Å². The number of nitro benzene ring substituents is 1. The summed E-state index contributed by atoms with van der Waals surface area (Å²) in [5, 5.41) is 13.0. The third-order valence-electron chi connectivity index (χ3n) is 2.27. The molecule has 0 saturated carbocycles. The lowest BCUT2D eigenvalue weighted by Crippen LogP contribution is -2.15. The topological polar surface area (TPSA) is 98.0 Å². The van der Waals surface area contributed by atoms with E-state index in [4.69, 9.17) is 11.6 Å². The molecule has 0 bridgehead atoms. The summed E-state index contributed by atoms with van der Waals surface area (Å²) in [6, 6.07) is 3.93. The second kappa shape index (κ2) is 5.57. The Labute approximate surface area is 116 Å². The average molecular weight is 297 g/mol. The van der Waals surface area contributed by atoms with Gasteiger partial charge in [0.2, 0.25) is 5.28 Å². The summed E-state index contributed by atoms with van der Waals surface area (Å²) in [5.74, 6) is -1.58. The van der Waals surface area contributed by atoms with E-state index >= 15 is 0 Å². The Kier molecular flexibility index (Phi) is 3.85. The Morgan fingerprint density at radius 3 is 2.80 bits per heavy atom. The van der Waals surface area contributed by atoms with Gasteiger partial charge in [-0.1, -0.05) is 0 Å². The van der Waals surface area contributed by atoms with Gasteiger partial charge in [0.05, 0.1) is 4.92 Å². The van der Waals surface area contributed by atoms with Crippen molar-refractivity contribution in [1.29, 1.82) is 0 Å². The van der Waals surface area contributed by atoms with Gasteiger partial charge < -0.3 is 5.32 Å². The number of hydrogen-bond donors (Lipinski definition) is 1. The predicted molar refractivity (Wildman–Crippen MR) is 68.0 cm³/mol. The predicted octanol–water partition coefficient (Wildman–Crippen LogP) is 2.43. The normalized spacial score (nSPS) is 10.1. The Hall–Kier alpha value is -2.61. The van der Waals surface area contributed by atoms with Gasteiger partial charge in [0.1, 0.15) is 17.2 Å². The van der Waals surface area contributed by atoms with Crippen molar-refractivity contribution in [2.75, 3.05) is 5.32 Å². The zero-order chi connectivity index (χ0) is 14.7. The fourth-order valence-electron chi connectivity index (χ4n) is 1.44. The summed E-state index contributed by atoms with van der Waals surface area (Å²) in [4.78, 5) is 29.3. The average Bonchev–Trinajstić information content (AvgIpc) is 2.38. The van der Waals surface area contributed by atoms with E-state index in [9.17, 15) is 19.3 Å². The SMILES string of the molecule is O=C(Nc1ccnc(Cl)n1)c1cc(F)ccc1[N+](=O)[O-]. The van der Waals surface area contributed by atoms with Gasteiger partial charge in [-0.25, -0.2) is 14.4 Å². The number of carbonyl (C=O) groups excluding carboxylic acids is 1. The third-order valence-corrected chi connectivity index (χ3v) is 2.45. The fourth-order valence-corrected chi connectivity index (χ4v) is 1.58. The van der Waals surface area contributed by atoms with E-state index in [1.54, 1.807) is 0 Å². The second-order valence-electron chi connectivity index (χ2n) is 3.58. The van der Waals surface area contributed by atoms with Crippen molar-refractivity contribution in [2.24, 2.45) is 0 Å². The maximum absolute atomic E-state index is 13.1. The minimum atomic E-state index is -0.869. The van der Waals surface area contributed by atoms with Crippen LogP contribution in [0.1, 0.15) is 10.4 Å². The van der Waals surface area contributed by atoms with Gasteiger partial charge in [-0.3, -0.25) is 14.9 Å². The molecule has 0 fully saturated rings. The van der Waals surface area contributed by atoms with Gasteiger partial charge in [0, 0.05) is 12.3 Å². The molecule has 9 heteroatoms. The molecule has 1 amide bonds. The summed E-state index contributed by atoms with van der Waals surface area (Å²) in [6.07, 6.45) is 1.30. The molecule has 0 atom stereocenters. The third kappa shape index (κ3) is 3.04. The van der Waals surface area contributed by atoms with E-state index in [-0.39, 0.29) is 11.1 Å². The molecule has 0 unspecified atom stereocenters. The van der Waals surface area contributed by atoms with Gasteiger partial charge in [0.25, 0.3) is 11.6 Å². The quantitative estimate of drug-likeness (QED) is 0.533. The number of nitrogens with zero attached hydrogens (tertiary/aromatic N) is 3. The molecule has 2 aromatic rings. The summed E-state index contributed by atoms with van der Waals surface area (Å²) in [5.41, 5.74) is -0.922. The summed E-state index contributed by atoms with van der Waals surface area (Å²) < 4.78 is 13.1. The van der Waals surface area contributed by atoms with Crippen molar-refractivity contribution < 1.29 is 14.1 Å². The number of rotatable bonds is 3. The molecule has 0 radical (unpaired) electrons. The first kappa shape index (κ1) is 13.8. The molecule has 0 aliphatic heterocycles. The molecule has 0 spiro atoms. The van der Waals surface area contributed by atoms with Crippen LogP contribution in [0, 0.1) is 15.9 Å². The van der Waals surface area contributed by atoms with Crippen molar-refractivity contribution in [3.05, 3.63) is 57.2 Å². The lowest BCUT2D eigenvalue weighted by molar-refractivity contribution is -0.385. The van der Waals surface area contributed by atoms with Crippen LogP contribution >= 0.6 is 11.6 Å². The lowest BCUT2D eigenvalue weighted by atomic mass is 10.1. The minimum Gasteiger partial charge on any atom is -0.306 e. The summed E-state index contributed by atoms with van der Waals surface area (Å²) in [7, 11) is 0. The van der Waals surface area contributed by atoms with E-state index in [1.165, 1.54) is 12.3 Å². The molecule has 0 saturated heterocycles. The number of nitro groups is 1. The number of anilines is 1. The molecule has 1 heterocycles. The molecule has 1 aromatic heterocycles. The van der Waals surface area contributed by atoms with Gasteiger partial charge in [0.15, 0.2) is 0 Å². The van der Waals surface area contributed by atoms with E-state index in [2.05, 4.69) is 15.3 Å². The molecular weight excluding hydrogens is 291 g/mol. The number of aromatic nitrogens is 2. The van der Waals surface area contributed by atoms with E-state index in [0.29, 0.717) is 0 Å². The first-order valence-electron chi connectivity index (χ1n) is 5.21. The van der Waals surface area contributed by atoms with Crippen LogP contribution in [0.4, 0.5) is 15.9 Å². The van der Waals surface area contributed by atoms with Crippen LogP contribution in [0.2, 0.25) is 5.28 Å². The van der Waals surface area contributed by atoms with E-state index < -0.39 is 27.9 Å². The molecule has 2 rings (SSSR count). The maximum Gasteiger partial charge on any atom is 0.282 e. The monoisotopic (exact) mass is 296 g/mol. The van der Waals surface area contributed by atoms with Gasteiger partial charge in [-0.05, 0) is 29.8 Å². The maximum atomic E-state index is 13.1.